The van der Waals surface area contributed by atoms with Crippen LogP contribution in [0.5, 0.6) is 5.75 Å². The Kier molecular flexibility index (Phi) is 5.92. The van der Waals surface area contributed by atoms with Crippen molar-refractivity contribution >= 4 is 17.3 Å². The van der Waals surface area contributed by atoms with Crippen LogP contribution in [0.15, 0.2) is 18.2 Å². The SMILES string of the molecule is CCCC(N)CC(=O)Nc1cc([N+](=O)[O-])ccc1OC. The summed E-state index contributed by atoms with van der Waals surface area (Å²) in [6, 6.07) is 3.81. The van der Waals surface area contributed by atoms with E-state index >= 15 is 0 Å². The number of carbonyl (C=O) groups is 1. The van der Waals surface area contributed by atoms with Crippen molar-refractivity contribution in [3.8, 4) is 5.75 Å². The van der Waals surface area contributed by atoms with Crippen molar-refractivity contribution < 1.29 is 14.5 Å². The van der Waals surface area contributed by atoms with Gasteiger partial charge >= 0.3 is 0 Å². The van der Waals surface area contributed by atoms with Gasteiger partial charge in [-0.3, -0.25) is 14.9 Å². The fraction of sp³-hybridized carbons (Fsp3) is 0.462. The lowest BCUT2D eigenvalue weighted by molar-refractivity contribution is -0.384. The molecule has 1 unspecified atom stereocenters. The quantitative estimate of drug-likeness (QED) is 0.587. The summed E-state index contributed by atoms with van der Waals surface area (Å²) in [5.41, 5.74) is 5.95. The number of nitro benzene ring substituents is 1. The zero-order valence-corrected chi connectivity index (χ0v) is 11.6. The molecule has 0 aromatic heterocycles. The second kappa shape index (κ2) is 7.44. The van der Waals surface area contributed by atoms with Crippen LogP contribution in [0.3, 0.4) is 0 Å². The summed E-state index contributed by atoms with van der Waals surface area (Å²) < 4.78 is 5.06. The Morgan fingerprint density at radius 3 is 2.80 bits per heavy atom. The molecular weight excluding hydrogens is 262 g/mol. The maximum atomic E-state index is 11.8. The molecule has 3 N–H and O–H groups in total. The van der Waals surface area contributed by atoms with Crippen LogP contribution in [0, 0.1) is 10.1 Å². The molecule has 1 amide bonds. The Labute approximate surface area is 117 Å². The molecule has 7 heteroatoms. The number of hydrogen-bond acceptors (Lipinski definition) is 5. The van der Waals surface area contributed by atoms with Gasteiger partial charge in [0.05, 0.1) is 17.7 Å². The molecule has 0 fully saturated rings. The van der Waals surface area contributed by atoms with Crippen molar-refractivity contribution in [2.24, 2.45) is 5.73 Å². The van der Waals surface area contributed by atoms with Gasteiger partial charge in [-0.1, -0.05) is 13.3 Å². The van der Waals surface area contributed by atoms with Crippen LogP contribution >= 0.6 is 0 Å². The zero-order valence-electron chi connectivity index (χ0n) is 11.6. The van der Waals surface area contributed by atoms with Crippen LogP contribution in [0.4, 0.5) is 11.4 Å². The third-order valence-electron chi connectivity index (χ3n) is 2.78. The summed E-state index contributed by atoms with van der Waals surface area (Å²) in [6.45, 7) is 1.99. The number of nitrogens with zero attached hydrogens (tertiary/aromatic N) is 1. The van der Waals surface area contributed by atoms with Crippen LogP contribution in [0.25, 0.3) is 0 Å². The molecule has 0 radical (unpaired) electrons. The van der Waals surface area contributed by atoms with E-state index in [1.165, 1.54) is 25.3 Å². The van der Waals surface area contributed by atoms with Gasteiger partial charge in [-0.15, -0.1) is 0 Å². The maximum Gasteiger partial charge on any atom is 0.271 e. The largest absolute Gasteiger partial charge is 0.495 e. The van der Waals surface area contributed by atoms with Gasteiger partial charge in [-0.2, -0.15) is 0 Å². The minimum Gasteiger partial charge on any atom is -0.495 e. The number of rotatable bonds is 7. The van der Waals surface area contributed by atoms with Crippen molar-refractivity contribution in [1.82, 2.24) is 0 Å². The number of nitrogens with two attached hydrogens (primary N) is 1. The van der Waals surface area contributed by atoms with Crippen LogP contribution in [-0.2, 0) is 4.79 Å². The van der Waals surface area contributed by atoms with E-state index in [4.69, 9.17) is 10.5 Å². The Hall–Kier alpha value is -2.15. The molecule has 1 rings (SSSR count). The summed E-state index contributed by atoms with van der Waals surface area (Å²) in [7, 11) is 1.43. The number of anilines is 1. The van der Waals surface area contributed by atoms with Gasteiger partial charge in [0.1, 0.15) is 5.75 Å². The van der Waals surface area contributed by atoms with Gasteiger partial charge in [0.2, 0.25) is 5.91 Å². The highest BCUT2D eigenvalue weighted by molar-refractivity contribution is 5.93. The smallest absolute Gasteiger partial charge is 0.271 e. The molecular formula is C13H19N3O4. The Bertz CT molecular complexity index is 491. The lowest BCUT2D eigenvalue weighted by atomic mass is 10.1. The Morgan fingerprint density at radius 1 is 1.55 bits per heavy atom. The van der Waals surface area contributed by atoms with Crippen molar-refractivity contribution in [3.05, 3.63) is 28.3 Å². The number of carbonyl (C=O) groups excluding carboxylic acids is 1. The van der Waals surface area contributed by atoms with E-state index in [0.717, 1.165) is 12.8 Å². The lowest BCUT2D eigenvalue weighted by Crippen LogP contribution is -2.27. The monoisotopic (exact) mass is 281 g/mol. The average molecular weight is 281 g/mol. The van der Waals surface area contributed by atoms with E-state index < -0.39 is 4.92 Å². The highest BCUT2D eigenvalue weighted by Gasteiger charge is 2.15. The number of methoxy groups -OCH3 is 1. The summed E-state index contributed by atoms with van der Waals surface area (Å²) in [6.07, 6.45) is 1.81. The van der Waals surface area contributed by atoms with Gasteiger partial charge < -0.3 is 15.8 Å². The summed E-state index contributed by atoms with van der Waals surface area (Å²) in [5, 5.41) is 13.3. The predicted molar refractivity (Wildman–Crippen MR) is 75.8 cm³/mol. The van der Waals surface area contributed by atoms with Crippen LogP contribution < -0.4 is 15.8 Å². The standard InChI is InChI=1S/C13H19N3O4/c1-3-4-9(14)7-13(17)15-11-8-10(16(18)19)5-6-12(11)20-2/h5-6,8-9H,3-4,7,14H2,1-2H3,(H,15,17). The molecule has 0 bridgehead atoms. The van der Waals surface area contributed by atoms with Gasteiger partial charge in [0.25, 0.3) is 5.69 Å². The molecule has 0 saturated heterocycles. The lowest BCUT2D eigenvalue weighted by Gasteiger charge is -2.12. The molecule has 1 aromatic rings. The van der Waals surface area contributed by atoms with E-state index in [0.29, 0.717) is 5.75 Å². The molecule has 0 spiro atoms. The van der Waals surface area contributed by atoms with E-state index in [1.807, 2.05) is 6.92 Å². The van der Waals surface area contributed by atoms with Crippen LogP contribution in [-0.4, -0.2) is 24.0 Å². The fourth-order valence-corrected chi connectivity index (χ4v) is 1.82. The van der Waals surface area contributed by atoms with Crippen LogP contribution in [0.1, 0.15) is 26.2 Å². The first-order chi connectivity index (χ1) is 9.47. The number of amides is 1. The molecule has 0 aliphatic rings. The second-order valence-electron chi connectivity index (χ2n) is 4.44. The van der Waals surface area contributed by atoms with E-state index in [2.05, 4.69) is 5.32 Å². The molecule has 20 heavy (non-hydrogen) atoms. The first-order valence-electron chi connectivity index (χ1n) is 6.35. The summed E-state index contributed by atoms with van der Waals surface area (Å²) in [4.78, 5) is 22.0. The molecule has 0 aliphatic heterocycles. The zero-order chi connectivity index (χ0) is 15.1. The minimum atomic E-state index is -0.530. The molecule has 0 aliphatic carbocycles. The number of nitro groups is 1. The number of non-ortho nitro benzene ring substituents is 1. The van der Waals surface area contributed by atoms with Gasteiger partial charge in [-0.05, 0) is 12.5 Å². The molecule has 0 heterocycles. The Morgan fingerprint density at radius 2 is 2.25 bits per heavy atom. The summed E-state index contributed by atoms with van der Waals surface area (Å²) in [5.74, 6) is 0.0813. The predicted octanol–water partition coefficient (Wildman–Crippen LogP) is 2.06. The van der Waals surface area contributed by atoms with E-state index in [1.54, 1.807) is 0 Å². The molecule has 0 saturated carbocycles. The summed E-state index contributed by atoms with van der Waals surface area (Å²) >= 11 is 0. The molecule has 1 atom stereocenters. The fourth-order valence-electron chi connectivity index (χ4n) is 1.82. The number of hydrogen-bond donors (Lipinski definition) is 2. The van der Waals surface area contributed by atoms with Gasteiger partial charge in [0.15, 0.2) is 0 Å². The van der Waals surface area contributed by atoms with E-state index in [9.17, 15) is 14.9 Å². The second-order valence-corrected chi connectivity index (χ2v) is 4.44. The van der Waals surface area contributed by atoms with Crippen molar-refractivity contribution in [2.75, 3.05) is 12.4 Å². The van der Waals surface area contributed by atoms with Gasteiger partial charge in [-0.25, -0.2) is 0 Å². The Balaban J connectivity index is 2.81. The van der Waals surface area contributed by atoms with E-state index in [-0.39, 0.29) is 29.7 Å². The highest BCUT2D eigenvalue weighted by atomic mass is 16.6. The first kappa shape index (κ1) is 15.9. The number of benzene rings is 1. The topological polar surface area (TPSA) is 107 Å². The molecule has 7 nitrogen and oxygen atoms in total. The van der Waals surface area contributed by atoms with Crippen LogP contribution in [0.2, 0.25) is 0 Å². The number of ether oxygens (including phenoxy) is 1. The minimum absolute atomic E-state index is 0.112. The van der Waals surface area contributed by atoms with Gasteiger partial charge in [0, 0.05) is 24.6 Å². The average Bonchev–Trinajstić information content (AvgIpc) is 2.38. The maximum absolute atomic E-state index is 11.8. The number of nitrogens with one attached hydrogen (secondary N) is 1. The van der Waals surface area contributed by atoms with Crippen molar-refractivity contribution in [1.29, 1.82) is 0 Å². The molecule has 1 aromatic carbocycles. The first-order valence-corrected chi connectivity index (χ1v) is 6.35. The highest BCUT2D eigenvalue weighted by Crippen LogP contribution is 2.28. The normalized spacial score (nSPS) is 11.8. The third-order valence-corrected chi connectivity index (χ3v) is 2.78. The third kappa shape index (κ3) is 4.51. The van der Waals surface area contributed by atoms with Crippen molar-refractivity contribution in [3.63, 3.8) is 0 Å². The molecule has 110 valence electrons. The van der Waals surface area contributed by atoms with Crippen molar-refractivity contribution in [2.45, 2.75) is 32.2 Å².